The second kappa shape index (κ2) is 6.96. The van der Waals surface area contributed by atoms with Gasteiger partial charge in [0.25, 0.3) is 0 Å². The lowest BCUT2D eigenvalue weighted by Gasteiger charge is -2.24. The SMILES string of the molecule is CCCC1CCCN(c2cccc(Br)c2C#N)CC1. The summed E-state index contributed by atoms with van der Waals surface area (Å²) in [4.78, 5) is 2.39. The van der Waals surface area contributed by atoms with Crippen LogP contribution < -0.4 is 4.90 Å². The summed E-state index contributed by atoms with van der Waals surface area (Å²) in [6.07, 6.45) is 6.45. The van der Waals surface area contributed by atoms with Gasteiger partial charge >= 0.3 is 0 Å². The number of nitriles is 1. The molecule has 2 rings (SSSR count). The van der Waals surface area contributed by atoms with Crippen molar-refractivity contribution in [2.45, 2.75) is 39.0 Å². The molecule has 0 spiro atoms. The van der Waals surface area contributed by atoms with Crippen LogP contribution in [0.15, 0.2) is 22.7 Å². The van der Waals surface area contributed by atoms with Gasteiger partial charge in [-0.05, 0) is 53.2 Å². The Morgan fingerprint density at radius 1 is 1.37 bits per heavy atom. The normalized spacial score (nSPS) is 19.8. The lowest BCUT2D eigenvalue weighted by molar-refractivity contribution is 0.435. The molecule has 0 radical (unpaired) electrons. The Hall–Kier alpha value is -1.01. The molecule has 1 aliphatic heterocycles. The first-order valence-electron chi connectivity index (χ1n) is 7.19. The van der Waals surface area contributed by atoms with Gasteiger partial charge in [0.15, 0.2) is 0 Å². The van der Waals surface area contributed by atoms with Crippen LogP contribution in [0.2, 0.25) is 0 Å². The van der Waals surface area contributed by atoms with Gasteiger partial charge in [-0.15, -0.1) is 0 Å². The minimum atomic E-state index is 0.774. The molecule has 0 bridgehead atoms. The molecule has 1 aromatic rings. The van der Waals surface area contributed by atoms with Crippen molar-refractivity contribution in [3.05, 3.63) is 28.2 Å². The number of halogens is 1. The summed E-state index contributed by atoms with van der Waals surface area (Å²) < 4.78 is 0.904. The Kier molecular flexibility index (Phi) is 5.27. The van der Waals surface area contributed by atoms with E-state index >= 15 is 0 Å². The van der Waals surface area contributed by atoms with Gasteiger partial charge in [0.2, 0.25) is 0 Å². The van der Waals surface area contributed by atoms with E-state index in [0.717, 1.165) is 34.7 Å². The number of benzene rings is 1. The largest absolute Gasteiger partial charge is 0.370 e. The first-order valence-corrected chi connectivity index (χ1v) is 7.99. The summed E-state index contributed by atoms with van der Waals surface area (Å²) >= 11 is 3.48. The fourth-order valence-corrected chi connectivity index (χ4v) is 3.43. The molecule has 1 heterocycles. The van der Waals surface area contributed by atoms with E-state index in [-0.39, 0.29) is 0 Å². The van der Waals surface area contributed by atoms with Crippen LogP contribution in [-0.4, -0.2) is 13.1 Å². The highest BCUT2D eigenvalue weighted by molar-refractivity contribution is 9.10. The summed E-state index contributed by atoms with van der Waals surface area (Å²) in [6, 6.07) is 8.37. The number of rotatable bonds is 3. The molecule has 1 fully saturated rings. The number of nitrogens with zero attached hydrogens (tertiary/aromatic N) is 2. The van der Waals surface area contributed by atoms with Gasteiger partial charge < -0.3 is 4.90 Å². The molecule has 2 nitrogen and oxygen atoms in total. The first kappa shape index (κ1) is 14.4. The molecule has 0 amide bonds. The Morgan fingerprint density at radius 3 is 2.95 bits per heavy atom. The molecule has 0 aliphatic carbocycles. The lowest BCUT2D eigenvalue weighted by Crippen LogP contribution is -2.25. The van der Waals surface area contributed by atoms with Crippen molar-refractivity contribution in [1.82, 2.24) is 0 Å². The third kappa shape index (κ3) is 3.51. The minimum Gasteiger partial charge on any atom is -0.370 e. The van der Waals surface area contributed by atoms with Crippen LogP contribution in [0, 0.1) is 17.2 Å². The zero-order valence-electron chi connectivity index (χ0n) is 11.5. The Bertz CT molecular complexity index is 464. The number of anilines is 1. The molecule has 1 saturated heterocycles. The fourth-order valence-electron chi connectivity index (χ4n) is 2.99. The average Bonchev–Trinajstić information content (AvgIpc) is 2.64. The monoisotopic (exact) mass is 320 g/mol. The van der Waals surface area contributed by atoms with E-state index in [2.05, 4.69) is 39.9 Å². The van der Waals surface area contributed by atoms with E-state index in [1.165, 1.54) is 32.1 Å². The maximum Gasteiger partial charge on any atom is 0.103 e. The molecular weight excluding hydrogens is 300 g/mol. The van der Waals surface area contributed by atoms with Crippen LogP contribution >= 0.6 is 15.9 Å². The fraction of sp³-hybridized carbons (Fsp3) is 0.562. The van der Waals surface area contributed by atoms with Crippen LogP contribution in [0.1, 0.15) is 44.6 Å². The third-order valence-corrected chi connectivity index (χ3v) is 4.65. The molecule has 0 saturated carbocycles. The van der Waals surface area contributed by atoms with Crippen molar-refractivity contribution in [3.63, 3.8) is 0 Å². The molecule has 102 valence electrons. The smallest absolute Gasteiger partial charge is 0.103 e. The Morgan fingerprint density at radius 2 is 2.21 bits per heavy atom. The molecule has 1 atom stereocenters. The van der Waals surface area contributed by atoms with E-state index in [4.69, 9.17) is 0 Å². The summed E-state index contributed by atoms with van der Waals surface area (Å²) in [6.45, 7) is 4.42. The molecule has 0 aromatic heterocycles. The van der Waals surface area contributed by atoms with Gasteiger partial charge in [-0.25, -0.2) is 0 Å². The van der Waals surface area contributed by atoms with Gasteiger partial charge in [0, 0.05) is 17.6 Å². The quantitative estimate of drug-likeness (QED) is 0.805. The molecule has 1 aromatic carbocycles. The summed E-state index contributed by atoms with van der Waals surface area (Å²) in [5.41, 5.74) is 1.87. The zero-order valence-corrected chi connectivity index (χ0v) is 13.1. The topological polar surface area (TPSA) is 27.0 Å². The highest BCUT2D eigenvalue weighted by Crippen LogP contribution is 2.30. The van der Waals surface area contributed by atoms with E-state index in [1.807, 2.05) is 12.1 Å². The van der Waals surface area contributed by atoms with Crippen molar-refractivity contribution < 1.29 is 0 Å². The highest BCUT2D eigenvalue weighted by Gasteiger charge is 2.19. The summed E-state index contributed by atoms with van der Waals surface area (Å²) in [5.74, 6) is 0.868. The zero-order chi connectivity index (χ0) is 13.7. The predicted molar refractivity (Wildman–Crippen MR) is 83.3 cm³/mol. The van der Waals surface area contributed by atoms with E-state index < -0.39 is 0 Å². The highest BCUT2D eigenvalue weighted by atomic mass is 79.9. The summed E-state index contributed by atoms with van der Waals surface area (Å²) in [7, 11) is 0. The Labute approximate surface area is 124 Å². The number of hydrogen-bond acceptors (Lipinski definition) is 2. The second-order valence-electron chi connectivity index (χ2n) is 5.32. The average molecular weight is 321 g/mol. The maximum atomic E-state index is 9.33. The molecule has 0 N–H and O–H groups in total. The van der Waals surface area contributed by atoms with Crippen molar-refractivity contribution in [3.8, 4) is 6.07 Å². The van der Waals surface area contributed by atoms with Gasteiger partial charge in [-0.2, -0.15) is 5.26 Å². The van der Waals surface area contributed by atoms with Gasteiger partial charge in [-0.3, -0.25) is 0 Å². The third-order valence-electron chi connectivity index (χ3n) is 3.99. The van der Waals surface area contributed by atoms with Crippen molar-refractivity contribution >= 4 is 21.6 Å². The van der Waals surface area contributed by atoms with Gasteiger partial charge in [-0.1, -0.05) is 25.8 Å². The molecule has 1 unspecified atom stereocenters. The van der Waals surface area contributed by atoms with Gasteiger partial charge in [0.05, 0.1) is 11.3 Å². The second-order valence-corrected chi connectivity index (χ2v) is 6.17. The van der Waals surface area contributed by atoms with Gasteiger partial charge in [0.1, 0.15) is 6.07 Å². The van der Waals surface area contributed by atoms with Crippen LogP contribution in [0.4, 0.5) is 5.69 Å². The molecule has 19 heavy (non-hydrogen) atoms. The van der Waals surface area contributed by atoms with Crippen LogP contribution in [-0.2, 0) is 0 Å². The molecule has 1 aliphatic rings. The lowest BCUT2D eigenvalue weighted by atomic mass is 9.96. The number of hydrogen-bond donors (Lipinski definition) is 0. The van der Waals surface area contributed by atoms with E-state index in [1.54, 1.807) is 0 Å². The van der Waals surface area contributed by atoms with Crippen LogP contribution in [0.25, 0.3) is 0 Å². The van der Waals surface area contributed by atoms with Crippen molar-refractivity contribution in [2.75, 3.05) is 18.0 Å². The predicted octanol–water partition coefficient (Wildman–Crippen LogP) is 4.73. The van der Waals surface area contributed by atoms with Crippen molar-refractivity contribution in [2.24, 2.45) is 5.92 Å². The first-order chi connectivity index (χ1) is 9.26. The molecule has 3 heteroatoms. The van der Waals surface area contributed by atoms with E-state index in [9.17, 15) is 5.26 Å². The standard InChI is InChI=1S/C16H21BrN2/c1-2-5-13-6-4-10-19(11-9-13)16-8-3-7-15(17)14(16)12-18/h3,7-8,13H,2,4-6,9-11H2,1H3. The van der Waals surface area contributed by atoms with Crippen LogP contribution in [0.5, 0.6) is 0 Å². The molecular formula is C16H21BrN2. The minimum absolute atomic E-state index is 0.774. The maximum absolute atomic E-state index is 9.33. The van der Waals surface area contributed by atoms with Crippen LogP contribution in [0.3, 0.4) is 0 Å². The van der Waals surface area contributed by atoms with E-state index in [0.29, 0.717) is 0 Å². The van der Waals surface area contributed by atoms with Crippen molar-refractivity contribution in [1.29, 1.82) is 5.26 Å². The Balaban J connectivity index is 2.15. The summed E-state index contributed by atoms with van der Waals surface area (Å²) in [5, 5.41) is 9.33.